The summed E-state index contributed by atoms with van der Waals surface area (Å²) in [4.78, 5) is 12.3. The molecular weight excluding hydrogens is 290 g/mol. The van der Waals surface area contributed by atoms with Gasteiger partial charge in [-0.2, -0.15) is 0 Å². The van der Waals surface area contributed by atoms with Crippen molar-refractivity contribution in [3.63, 3.8) is 0 Å². The number of carbonyl (C=O) groups is 1. The van der Waals surface area contributed by atoms with Crippen molar-refractivity contribution < 1.29 is 9.21 Å². The highest BCUT2D eigenvalue weighted by Gasteiger charge is 2.17. The van der Waals surface area contributed by atoms with Crippen LogP contribution in [-0.4, -0.2) is 16.1 Å². The molecule has 5 nitrogen and oxygen atoms in total. The lowest BCUT2D eigenvalue weighted by Crippen LogP contribution is -2.14. The molecule has 0 aliphatic carbocycles. The fraction of sp³-hybridized carbons (Fsp3) is 0.167. The predicted molar refractivity (Wildman–Crippen MR) is 88.3 cm³/mol. The van der Waals surface area contributed by atoms with Crippen molar-refractivity contribution in [2.45, 2.75) is 20.8 Å². The van der Waals surface area contributed by atoms with Gasteiger partial charge in [0.25, 0.3) is 0 Å². The van der Waals surface area contributed by atoms with Crippen LogP contribution in [0, 0.1) is 20.8 Å². The molecular formula is C18H17N3O2. The Labute approximate surface area is 134 Å². The van der Waals surface area contributed by atoms with E-state index in [0.29, 0.717) is 5.89 Å². The van der Waals surface area contributed by atoms with Crippen LogP contribution in [0.15, 0.2) is 46.9 Å². The average molecular weight is 307 g/mol. The highest BCUT2D eigenvalue weighted by Crippen LogP contribution is 2.22. The third kappa shape index (κ3) is 3.13. The van der Waals surface area contributed by atoms with Gasteiger partial charge in [-0.3, -0.25) is 4.79 Å². The SMILES string of the molecule is Cc1ccc(-c2nnc(C(=O)Nc3c(C)cccc3C)o2)cc1. The average Bonchev–Trinajstić information content (AvgIpc) is 3.02. The number of carbonyl (C=O) groups excluding carboxylic acids is 1. The van der Waals surface area contributed by atoms with Crippen molar-refractivity contribution in [3.8, 4) is 11.5 Å². The molecule has 1 aromatic heterocycles. The number of rotatable bonds is 3. The largest absolute Gasteiger partial charge is 0.412 e. The second-order valence-corrected chi connectivity index (χ2v) is 5.50. The smallest absolute Gasteiger partial charge is 0.313 e. The summed E-state index contributed by atoms with van der Waals surface area (Å²) in [5.74, 6) is -0.131. The molecule has 116 valence electrons. The second-order valence-electron chi connectivity index (χ2n) is 5.50. The third-order valence-electron chi connectivity index (χ3n) is 3.64. The topological polar surface area (TPSA) is 68.0 Å². The van der Waals surface area contributed by atoms with E-state index < -0.39 is 5.91 Å². The first-order chi connectivity index (χ1) is 11.0. The molecule has 0 fully saturated rings. The van der Waals surface area contributed by atoms with Gasteiger partial charge in [0.2, 0.25) is 5.89 Å². The molecule has 2 aromatic carbocycles. The Morgan fingerprint density at radius 1 is 0.957 bits per heavy atom. The molecule has 5 heteroatoms. The number of aryl methyl sites for hydroxylation is 3. The van der Waals surface area contributed by atoms with Crippen LogP contribution in [0.3, 0.4) is 0 Å². The van der Waals surface area contributed by atoms with Crippen LogP contribution in [-0.2, 0) is 0 Å². The van der Waals surface area contributed by atoms with E-state index in [4.69, 9.17) is 4.42 Å². The van der Waals surface area contributed by atoms with Crippen molar-refractivity contribution in [2.75, 3.05) is 5.32 Å². The van der Waals surface area contributed by atoms with Gasteiger partial charge < -0.3 is 9.73 Å². The summed E-state index contributed by atoms with van der Waals surface area (Å²) in [6.45, 7) is 5.88. The third-order valence-corrected chi connectivity index (χ3v) is 3.64. The summed E-state index contributed by atoms with van der Waals surface area (Å²) in [5, 5.41) is 10.6. The number of benzene rings is 2. The molecule has 0 saturated carbocycles. The summed E-state index contributed by atoms with van der Waals surface area (Å²) >= 11 is 0. The van der Waals surface area contributed by atoms with Gasteiger partial charge in [-0.15, -0.1) is 10.2 Å². The van der Waals surface area contributed by atoms with Crippen molar-refractivity contribution in [3.05, 3.63) is 65.0 Å². The molecule has 3 aromatic rings. The maximum Gasteiger partial charge on any atom is 0.313 e. The number of para-hydroxylation sites is 1. The molecule has 1 N–H and O–H groups in total. The van der Waals surface area contributed by atoms with E-state index in [2.05, 4.69) is 15.5 Å². The first-order valence-corrected chi connectivity index (χ1v) is 7.32. The van der Waals surface area contributed by atoms with E-state index in [1.807, 2.05) is 63.2 Å². The molecule has 0 aliphatic rings. The Balaban J connectivity index is 1.83. The van der Waals surface area contributed by atoms with Gasteiger partial charge in [0.15, 0.2) is 0 Å². The maximum atomic E-state index is 12.3. The Kier molecular flexibility index (Phi) is 3.93. The summed E-state index contributed by atoms with van der Waals surface area (Å²) in [7, 11) is 0. The van der Waals surface area contributed by atoms with E-state index in [-0.39, 0.29) is 5.89 Å². The number of amides is 1. The Morgan fingerprint density at radius 3 is 2.26 bits per heavy atom. The Hall–Kier alpha value is -2.95. The molecule has 1 heterocycles. The van der Waals surface area contributed by atoms with E-state index >= 15 is 0 Å². The molecule has 23 heavy (non-hydrogen) atoms. The van der Waals surface area contributed by atoms with Gasteiger partial charge in [0.05, 0.1) is 0 Å². The minimum Gasteiger partial charge on any atom is -0.412 e. The highest BCUT2D eigenvalue weighted by atomic mass is 16.4. The molecule has 3 rings (SSSR count). The maximum absolute atomic E-state index is 12.3. The van der Waals surface area contributed by atoms with Crippen molar-refractivity contribution in [2.24, 2.45) is 0 Å². The zero-order valence-corrected chi connectivity index (χ0v) is 13.3. The minimum absolute atomic E-state index is 0.0526. The lowest BCUT2D eigenvalue weighted by atomic mass is 10.1. The van der Waals surface area contributed by atoms with E-state index in [1.165, 1.54) is 0 Å². The quantitative estimate of drug-likeness (QED) is 0.796. The zero-order valence-electron chi connectivity index (χ0n) is 13.3. The predicted octanol–water partition coefficient (Wildman–Crippen LogP) is 3.91. The number of aromatic nitrogens is 2. The number of nitrogens with zero attached hydrogens (tertiary/aromatic N) is 2. The van der Waals surface area contributed by atoms with E-state index in [9.17, 15) is 4.79 Å². The second kappa shape index (κ2) is 6.04. The number of hydrogen-bond acceptors (Lipinski definition) is 4. The van der Waals surface area contributed by atoms with E-state index in [1.54, 1.807) is 0 Å². The summed E-state index contributed by atoms with van der Waals surface area (Å²) < 4.78 is 5.49. The fourth-order valence-electron chi connectivity index (χ4n) is 2.31. The van der Waals surface area contributed by atoms with Gasteiger partial charge in [0, 0.05) is 11.3 Å². The molecule has 0 radical (unpaired) electrons. The molecule has 0 atom stereocenters. The van der Waals surface area contributed by atoms with Crippen LogP contribution in [0.1, 0.15) is 27.4 Å². The summed E-state index contributed by atoms with van der Waals surface area (Å²) in [6, 6.07) is 13.5. The Bertz CT molecular complexity index is 831. The molecule has 0 saturated heterocycles. The van der Waals surface area contributed by atoms with Crippen LogP contribution in [0.2, 0.25) is 0 Å². The van der Waals surface area contributed by atoms with Gasteiger partial charge in [-0.1, -0.05) is 35.9 Å². The fourth-order valence-corrected chi connectivity index (χ4v) is 2.31. The highest BCUT2D eigenvalue weighted by molar-refractivity contribution is 6.01. The van der Waals surface area contributed by atoms with Crippen LogP contribution in [0.4, 0.5) is 5.69 Å². The normalized spacial score (nSPS) is 10.6. The van der Waals surface area contributed by atoms with E-state index in [0.717, 1.165) is 27.9 Å². The number of anilines is 1. The van der Waals surface area contributed by atoms with Crippen molar-refractivity contribution >= 4 is 11.6 Å². The monoisotopic (exact) mass is 307 g/mol. The summed E-state index contributed by atoms with van der Waals surface area (Å²) in [5.41, 5.74) is 4.66. The molecule has 0 unspecified atom stereocenters. The number of hydrogen-bond donors (Lipinski definition) is 1. The first kappa shape index (κ1) is 15.0. The summed E-state index contributed by atoms with van der Waals surface area (Å²) in [6.07, 6.45) is 0. The van der Waals surface area contributed by atoms with Gasteiger partial charge in [-0.05, 0) is 44.0 Å². The van der Waals surface area contributed by atoms with Crippen LogP contribution in [0.5, 0.6) is 0 Å². The lowest BCUT2D eigenvalue weighted by Gasteiger charge is -2.09. The minimum atomic E-state index is -0.409. The van der Waals surface area contributed by atoms with Crippen LogP contribution in [0.25, 0.3) is 11.5 Å². The van der Waals surface area contributed by atoms with Gasteiger partial charge >= 0.3 is 11.8 Å². The number of nitrogens with one attached hydrogen (secondary N) is 1. The van der Waals surface area contributed by atoms with Crippen molar-refractivity contribution in [1.82, 2.24) is 10.2 Å². The van der Waals surface area contributed by atoms with Crippen LogP contribution >= 0.6 is 0 Å². The molecule has 0 spiro atoms. The molecule has 0 aliphatic heterocycles. The zero-order chi connectivity index (χ0) is 16.4. The lowest BCUT2D eigenvalue weighted by molar-refractivity contribution is 0.0990. The van der Waals surface area contributed by atoms with Gasteiger partial charge in [0.1, 0.15) is 0 Å². The first-order valence-electron chi connectivity index (χ1n) is 7.32. The van der Waals surface area contributed by atoms with Crippen LogP contribution < -0.4 is 5.32 Å². The van der Waals surface area contributed by atoms with Crippen molar-refractivity contribution in [1.29, 1.82) is 0 Å². The standard InChI is InChI=1S/C18H17N3O2/c1-11-7-9-14(10-8-11)17-20-21-18(23-17)16(22)19-15-12(2)5-4-6-13(15)3/h4-10H,1-3H3,(H,19,22). The van der Waals surface area contributed by atoms with Gasteiger partial charge in [-0.25, -0.2) is 0 Å². The molecule has 0 bridgehead atoms. The molecule has 1 amide bonds. The Morgan fingerprint density at radius 2 is 1.61 bits per heavy atom.